The number of rotatable bonds is 4. The van der Waals surface area contributed by atoms with Crippen LogP contribution in [0.5, 0.6) is 0 Å². The van der Waals surface area contributed by atoms with Gasteiger partial charge in [0, 0.05) is 11.5 Å². The van der Waals surface area contributed by atoms with E-state index in [1.54, 1.807) is 0 Å². The quantitative estimate of drug-likeness (QED) is 0.767. The molecule has 0 N–H and O–H groups in total. The van der Waals surface area contributed by atoms with Gasteiger partial charge in [0.25, 0.3) is 0 Å². The van der Waals surface area contributed by atoms with Crippen LogP contribution in [0.15, 0.2) is 18.2 Å². The predicted molar refractivity (Wildman–Crippen MR) is 70.4 cm³/mol. The van der Waals surface area contributed by atoms with Crippen molar-refractivity contribution in [2.75, 3.05) is 12.5 Å². The third-order valence-corrected chi connectivity index (χ3v) is 2.62. The minimum absolute atomic E-state index is 0.757. The van der Waals surface area contributed by atoms with E-state index in [9.17, 15) is 0 Å². The van der Waals surface area contributed by atoms with Gasteiger partial charge in [-0.3, -0.25) is 4.98 Å². The van der Waals surface area contributed by atoms with Gasteiger partial charge in [0.15, 0.2) is 0 Å². The average molecular weight is 334 g/mol. The Kier molecular flexibility index (Phi) is 12.2. The number of hydrogen-bond donors (Lipinski definition) is 0. The Hall–Kier alpha value is 0.949. The summed E-state index contributed by atoms with van der Waals surface area (Å²) in [6, 6.07) is 6.25. The Balaban J connectivity index is 0.000000583. The zero-order chi connectivity index (χ0) is 11.5. The van der Waals surface area contributed by atoms with Crippen molar-refractivity contribution in [2.45, 2.75) is 11.5 Å². The number of thioether (sulfide) groups is 2. The van der Waals surface area contributed by atoms with Gasteiger partial charge in [-0.15, -0.1) is 0 Å². The van der Waals surface area contributed by atoms with E-state index in [-0.39, 0.29) is 0 Å². The second-order valence-electron chi connectivity index (χ2n) is 2.53. The number of aromatic nitrogens is 1. The molecular weight excluding hydrogens is 321 g/mol. The van der Waals surface area contributed by atoms with E-state index in [4.69, 9.17) is 0 Å². The van der Waals surface area contributed by atoms with Crippen LogP contribution in [0.3, 0.4) is 0 Å². The first-order valence-corrected chi connectivity index (χ1v) is 9.40. The van der Waals surface area contributed by atoms with Gasteiger partial charge in [-0.05, 0) is 24.6 Å². The van der Waals surface area contributed by atoms with Gasteiger partial charge in [-0.1, -0.05) is 6.07 Å². The molecule has 0 saturated carbocycles. The van der Waals surface area contributed by atoms with Crippen molar-refractivity contribution in [3.63, 3.8) is 0 Å². The van der Waals surface area contributed by atoms with Crippen molar-refractivity contribution in [1.82, 2.24) is 4.98 Å². The Morgan fingerprint density at radius 1 is 1.13 bits per heavy atom. The average Bonchev–Trinajstić information content (AvgIpc) is 2.20. The molecule has 6 heteroatoms. The summed E-state index contributed by atoms with van der Waals surface area (Å²) >= 11 is 4.38. The number of halogens is 2. The standard InChI is InChI=1S/C9H13NS2.2ClH.Cu/c1-11-6-8-4-3-5-9(10-8)7-12-2;;;/h3-5H,6-7H2,1-2H3;2*1H;/q;;;+2/p-2. The van der Waals surface area contributed by atoms with Gasteiger partial charge < -0.3 is 0 Å². The summed E-state index contributed by atoms with van der Waals surface area (Å²) in [7, 11) is 9.34. The molecule has 0 atom stereocenters. The summed E-state index contributed by atoms with van der Waals surface area (Å²) in [6.45, 7) is 0. The topological polar surface area (TPSA) is 12.9 Å². The first-order valence-electron chi connectivity index (χ1n) is 4.02. The van der Waals surface area contributed by atoms with Crippen LogP contribution in [0.1, 0.15) is 11.4 Å². The molecule has 0 spiro atoms. The summed E-state index contributed by atoms with van der Waals surface area (Å²) in [4.78, 5) is 4.51. The molecule has 0 aromatic carbocycles. The first-order chi connectivity index (χ1) is 7.28. The summed E-state index contributed by atoms with van der Waals surface area (Å²) in [5, 5.41) is 0. The van der Waals surface area contributed by atoms with Gasteiger partial charge in [-0.25, -0.2) is 0 Å². The van der Waals surface area contributed by atoms with Crippen LogP contribution < -0.4 is 0 Å². The molecule has 0 amide bonds. The molecule has 1 heterocycles. The van der Waals surface area contributed by atoms with Crippen LogP contribution in [-0.4, -0.2) is 17.5 Å². The Labute approximate surface area is 115 Å². The molecule has 1 rings (SSSR count). The molecule has 0 aliphatic carbocycles. The van der Waals surface area contributed by atoms with E-state index in [2.05, 4.69) is 55.9 Å². The molecule has 1 aromatic rings. The molecule has 91 valence electrons. The van der Waals surface area contributed by atoms with Crippen LogP contribution in [0.25, 0.3) is 0 Å². The summed E-state index contributed by atoms with van der Waals surface area (Å²) in [6.07, 6.45) is 4.20. The maximum absolute atomic E-state index is 4.67. The van der Waals surface area contributed by atoms with Crippen molar-refractivity contribution in [3.05, 3.63) is 29.6 Å². The number of pyridine rings is 1. The fourth-order valence-electron chi connectivity index (χ4n) is 0.986. The second-order valence-corrected chi connectivity index (χ2v) is 5.82. The second kappa shape index (κ2) is 11.4. The van der Waals surface area contributed by atoms with Crippen molar-refractivity contribution >= 4 is 43.7 Å². The van der Waals surface area contributed by atoms with E-state index in [1.165, 1.54) is 11.4 Å². The van der Waals surface area contributed by atoms with E-state index in [0.717, 1.165) is 24.6 Å². The molecule has 15 heavy (non-hydrogen) atoms. The van der Waals surface area contributed by atoms with Gasteiger partial charge >= 0.3 is 33.3 Å². The fraction of sp³-hybridized carbons (Fsp3) is 0.444. The van der Waals surface area contributed by atoms with Crippen LogP contribution >= 0.6 is 43.7 Å². The van der Waals surface area contributed by atoms with Crippen LogP contribution in [0, 0.1) is 0 Å². The van der Waals surface area contributed by atoms with E-state index < -0.39 is 0 Å². The van der Waals surface area contributed by atoms with Gasteiger partial charge in [0.05, 0.1) is 11.4 Å². The Morgan fingerprint density at radius 3 is 1.87 bits per heavy atom. The molecule has 0 aliphatic rings. The third kappa shape index (κ3) is 8.73. The van der Waals surface area contributed by atoms with Crippen LogP contribution in [0.4, 0.5) is 0 Å². The summed E-state index contributed by atoms with van der Waals surface area (Å²) < 4.78 is 0. The molecule has 0 bridgehead atoms. The van der Waals surface area contributed by atoms with E-state index >= 15 is 0 Å². The monoisotopic (exact) mass is 332 g/mol. The van der Waals surface area contributed by atoms with Crippen LogP contribution in [0.2, 0.25) is 0 Å². The molecule has 0 radical (unpaired) electrons. The van der Waals surface area contributed by atoms with Crippen molar-refractivity contribution in [1.29, 1.82) is 0 Å². The molecule has 0 saturated heterocycles. The van der Waals surface area contributed by atoms with Gasteiger partial charge in [-0.2, -0.15) is 23.5 Å². The first kappa shape index (κ1) is 15.9. The Bertz CT molecular complexity index is 242. The van der Waals surface area contributed by atoms with Gasteiger partial charge in [0.2, 0.25) is 0 Å². The summed E-state index contributed by atoms with van der Waals surface area (Å²) in [5.41, 5.74) is 2.38. The van der Waals surface area contributed by atoms with Crippen molar-refractivity contribution in [2.24, 2.45) is 0 Å². The summed E-state index contributed by atoms with van der Waals surface area (Å²) in [5.74, 6) is 2.03. The fourth-order valence-corrected chi connectivity index (χ4v) is 1.90. The van der Waals surface area contributed by atoms with Crippen molar-refractivity contribution < 1.29 is 13.1 Å². The molecule has 1 aromatic heterocycles. The Morgan fingerprint density at radius 2 is 1.53 bits per heavy atom. The minimum atomic E-state index is 0.757. The zero-order valence-corrected chi connectivity index (χ0v) is 12.6. The number of nitrogens with zero attached hydrogens (tertiary/aromatic N) is 1. The molecule has 0 aliphatic heterocycles. The maximum atomic E-state index is 4.67. The SMILES string of the molecule is CSCc1cccc(CSC)n1.[Cl][Cu][Cl]. The normalized spacial score (nSPS) is 9.60. The zero-order valence-electron chi connectivity index (χ0n) is 8.47. The van der Waals surface area contributed by atoms with Gasteiger partial charge in [0.1, 0.15) is 0 Å². The van der Waals surface area contributed by atoms with E-state index in [1.807, 2.05) is 23.5 Å². The molecule has 0 fully saturated rings. The van der Waals surface area contributed by atoms with Crippen LogP contribution in [-0.2, 0) is 24.6 Å². The van der Waals surface area contributed by atoms with E-state index in [0.29, 0.717) is 0 Å². The molecule has 1 nitrogen and oxygen atoms in total. The predicted octanol–water partition coefficient (Wildman–Crippen LogP) is 4.18. The van der Waals surface area contributed by atoms with Crippen molar-refractivity contribution in [3.8, 4) is 0 Å². The molecule has 0 unspecified atom stereocenters. The number of hydrogen-bond acceptors (Lipinski definition) is 3. The molecular formula is C9H13Cl2CuNS2. The third-order valence-electron chi connectivity index (χ3n) is 1.45.